The third kappa shape index (κ3) is 4.80. The van der Waals surface area contributed by atoms with E-state index < -0.39 is 11.8 Å². The molecule has 0 aliphatic carbocycles. The van der Waals surface area contributed by atoms with E-state index in [0.717, 1.165) is 5.56 Å². The second kappa shape index (κ2) is 8.57. The zero-order valence-corrected chi connectivity index (χ0v) is 15.9. The minimum Gasteiger partial charge on any atom is -0.457 e. The Hall–Kier alpha value is -3.65. The smallest absolute Gasteiger partial charge is 0.251 e. The number of methoxy groups -OCH3 is 1. The van der Waals surface area contributed by atoms with E-state index in [1.165, 1.54) is 7.11 Å². The second-order valence-corrected chi connectivity index (χ2v) is 6.59. The maximum absolute atomic E-state index is 11.8. The predicted molar refractivity (Wildman–Crippen MR) is 107 cm³/mol. The van der Waals surface area contributed by atoms with Gasteiger partial charge in [0, 0.05) is 30.7 Å². The van der Waals surface area contributed by atoms with Crippen molar-refractivity contribution in [3.8, 4) is 11.5 Å². The third-order valence-corrected chi connectivity index (χ3v) is 4.31. The lowest BCUT2D eigenvalue weighted by Crippen LogP contribution is -2.18. The quantitative estimate of drug-likeness (QED) is 0.508. The van der Waals surface area contributed by atoms with Crippen LogP contribution in [0.5, 0.6) is 11.5 Å². The molecule has 8 nitrogen and oxygen atoms in total. The Morgan fingerprint density at radius 2 is 1.66 bits per heavy atom. The summed E-state index contributed by atoms with van der Waals surface area (Å²) in [6.45, 7) is 0.0828. The lowest BCUT2D eigenvalue weighted by molar-refractivity contribution is -0.122. The number of ether oxygens (including phenoxy) is 2. The van der Waals surface area contributed by atoms with Gasteiger partial charge in [0.2, 0.25) is 5.91 Å². The SMILES string of the molecule is COCC(=O)Cc1ccc(Oc2ccc3c(C(N)=O)c(CC(N)=O)[nH]c3c2)cc1. The number of primary amides is 2. The van der Waals surface area contributed by atoms with Crippen molar-refractivity contribution in [3.05, 3.63) is 59.3 Å². The molecule has 150 valence electrons. The summed E-state index contributed by atoms with van der Waals surface area (Å²) >= 11 is 0. The summed E-state index contributed by atoms with van der Waals surface area (Å²) in [5.41, 5.74) is 12.8. The maximum atomic E-state index is 11.8. The molecule has 0 saturated heterocycles. The molecular formula is C21H21N3O5. The maximum Gasteiger partial charge on any atom is 0.251 e. The van der Waals surface area contributed by atoms with Gasteiger partial charge in [0.05, 0.1) is 17.5 Å². The van der Waals surface area contributed by atoms with Gasteiger partial charge in [0.25, 0.3) is 5.91 Å². The molecule has 2 aromatic carbocycles. The van der Waals surface area contributed by atoms with Crippen LogP contribution in [-0.4, -0.2) is 36.3 Å². The molecule has 1 heterocycles. The summed E-state index contributed by atoms with van der Waals surface area (Å²) in [6, 6.07) is 12.3. The Kier molecular flexibility index (Phi) is 5.94. The summed E-state index contributed by atoms with van der Waals surface area (Å²) in [5, 5.41) is 0.591. The Labute approximate surface area is 166 Å². The number of benzene rings is 2. The third-order valence-electron chi connectivity index (χ3n) is 4.31. The van der Waals surface area contributed by atoms with Crippen molar-refractivity contribution in [2.45, 2.75) is 12.8 Å². The molecule has 0 fully saturated rings. The zero-order valence-electron chi connectivity index (χ0n) is 15.9. The van der Waals surface area contributed by atoms with Crippen LogP contribution < -0.4 is 16.2 Å². The molecule has 29 heavy (non-hydrogen) atoms. The highest BCUT2D eigenvalue weighted by atomic mass is 16.5. The number of rotatable bonds is 9. The van der Waals surface area contributed by atoms with Crippen molar-refractivity contribution >= 4 is 28.5 Å². The summed E-state index contributed by atoms with van der Waals surface area (Å²) in [4.78, 5) is 37.7. The van der Waals surface area contributed by atoms with Crippen molar-refractivity contribution in [2.24, 2.45) is 11.5 Å². The Morgan fingerprint density at radius 3 is 2.28 bits per heavy atom. The Morgan fingerprint density at radius 1 is 0.966 bits per heavy atom. The molecule has 0 atom stereocenters. The number of nitrogens with two attached hydrogens (primary N) is 2. The van der Waals surface area contributed by atoms with Gasteiger partial charge in [-0.3, -0.25) is 14.4 Å². The van der Waals surface area contributed by atoms with Crippen LogP contribution in [0.1, 0.15) is 21.6 Å². The van der Waals surface area contributed by atoms with E-state index >= 15 is 0 Å². The molecule has 8 heteroatoms. The van der Waals surface area contributed by atoms with Crippen molar-refractivity contribution in [3.63, 3.8) is 0 Å². The number of hydrogen-bond donors (Lipinski definition) is 3. The molecule has 3 rings (SSSR count). The van der Waals surface area contributed by atoms with Crippen molar-refractivity contribution < 1.29 is 23.9 Å². The number of nitrogens with one attached hydrogen (secondary N) is 1. The van der Waals surface area contributed by atoms with Crippen LogP contribution in [0.4, 0.5) is 0 Å². The summed E-state index contributed by atoms with van der Waals surface area (Å²) < 4.78 is 10.7. The molecule has 0 radical (unpaired) electrons. The van der Waals surface area contributed by atoms with E-state index in [1.54, 1.807) is 30.3 Å². The number of fused-ring (bicyclic) bond motifs is 1. The van der Waals surface area contributed by atoms with Gasteiger partial charge < -0.3 is 25.9 Å². The van der Waals surface area contributed by atoms with Gasteiger partial charge in [-0.2, -0.15) is 0 Å². The van der Waals surface area contributed by atoms with Gasteiger partial charge in [0.1, 0.15) is 18.1 Å². The molecule has 0 bridgehead atoms. The van der Waals surface area contributed by atoms with Gasteiger partial charge in [0.15, 0.2) is 5.78 Å². The van der Waals surface area contributed by atoms with Crippen LogP contribution in [-0.2, 0) is 27.2 Å². The normalized spacial score (nSPS) is 10.8. The predicted octanol–water partition coefficient (Wildman–Crippen LogP) is 1.84. The fourth-order valence-corrected chi connectivity index (χ4v) is 3.14. The first-order valence-electron chi connectivity index (χ1n) is 8.87. The Balaban J connectivity index is 1.81. The molecule has 3 aromatic rings. The van der Waals surface area contributed by atoms with E-state index in [9.17, 15) is 14.4 Å². The first-order valence-corrected chi connectivity index (χ1v) is 8.87. The van der Waals surface area contributed by atoms with Crippen molar-refractivity contribution in [2.75, 3.05) is 13.7 Å². The standard InChI is InChI=1S/C21H21N3O5/c1-28-11-13(25)8-12-2-4-14(5-3-12)29-15-6-7-16-17(9-15)24-18(10-19(22)26)20(16)21(23)27/h2-7,9,24H,8,10-11H2,1H3,(H2,22,26)(H2,23,27). The van der Waals surface area contributed by atoms with Crippen LogP contribution >= 0.6 is 0 Å². The fraction of sp³-hybridized carbons (Fsp3) is 0.190. The molecular weight excluding hydrogens is 374 g/mol. The number of carbonyl (C=O) groups is 3. The lowest BCUT2D eigenvalue weighted by Gasteiger charge is -2.07. The average Bonchev–Trinajstić information content (AvgIpc) is 3.00. The molecule has 0 saturated carbocycles. The number of Topliss-reactive ketones (excluding diaryl/α,β-unsaturated/α-hetero) is 1. The number of hydrogen-bond acceptors (Lipinski definition) is 5. The van der Waals surface area contributed by atoms with E-state index in [2.05, 4.69) is 4.98 Å². The minimum absolute atomic E-state index is 0.00427. The monoisotopic (exact) mass is 395 g/mol. The topological polar surface area (TPSA) is 138 Å². The number of carbonyl (C=O) groups excluding carboxylic acids is 3. The minimum atomic E-state index is -0.639. The van der Waals surface area contributed by atoms with Crippen LogP contribution in [0, 0.1) is 0 Å². The highest BCUT2D eigenvalue weighted by Gasteiger charge is 2.18. The molecule has 0 aliphatic heterocycles. The average molecular weight is 395 g/mol. The first kappa shape index (κ1) is 20.1. The molecule has 1 aromatic heterocycles. The lowest BCUT2D eigenvalue weighted by atomic mass is 10.1. The van der Waals surface area contributed by atoms with Gasteiger partial charge in [-0.25, -0.2) is 0 Å². The molecule has 0 aliphatic rings. The first-order chi connectivity index (χ1) is 13.9. The van der Waals surface area contributed by atoms with Crippen LogP contribution in [0.15, 0.2) is 42.5 Å². The second-order valence-electron chi connectivity index (χ2n) is 6.59. The van der Waals surface area contributed by atoms with Crippen LogP contribution in [0.2, 0.25) is 0 Å². The van der Waals surface area contributed by atoms with Crippen molar-refractivity contribution in [1.29, 1.82) is 0 Å². The van der Waals surface area contributed by atoms with Gasteiger partial charge in [-0.05, 0) is 29.8 Å². The molecule has 5 N–H and O–H groups in total. The largest absolute Gasteiger partial charge is 0.457 e. The summed E-state index contributed by atoms with van der Waals surface area (Å²) in [7, 11) is 1.49. The van der Waals surface area contributed by atoms with E-state index in [1.807, 2.05) is 12.1 Å². The molecule has 2 amide bonds. The fourth-order valence-electron chi connectivity index (χ4n) is 3.14. The van der Waals surface area contributed by atoms with Crippen molar-refractivity contribution in [1.82, 2.24) is 4.98 Å². The van der Waals surface area contributed by atoms with Gasteiger partial charge >= 0.3 is 0 Å². The molecule has 0 spiro atoms. The van der Waals surface area contributed by atoms with Gasteiger partial charge in [-0.1, -0.05) is 12.1 Å². The zero-order chi connectivity index (χ0) is 21.0. The number of H-pyrrole nitrogens is 1. The van der Waals surface area contributed by atoms with Crippen LogP contribution in [0.3, 0.4) is 0 Å². The summed E-state index contributed by atoms with van der Waals surface area (Å²) in [6.07, 6.45) is 0.174. The molecule has 0 unspecified atom stereocenters. The number of aromatic nitrogens is 1. The number of ketones is 1. The van der Waals surface area contributed by atoms with E-state index in [-0.39, 0.29) is 24.4 Å². The highest BCUT2D eigenvalue weighted by molar-refractivity contribution is 6.08. The van der Waals surface area contributed by atoms with Crippen LogP contribution in [0.25, 0.3) is 10.9 Å². The highest BCUT2D eigenvalue weighted by Crippen LogP contribution is 2.29. The van der Waals surface area contributed by atoms with Gasteiger partial charge in [-0.15, -0.1) is 0 Å². The number of amides is 2. The number of aromatic amines is 1. The summed E-state index contributed by atoms with van der Waals surface area (Å²) in [5.74, 6) is -0.0929. The Bertz CT molecular complexity index is 1070. The van der Waals surface area contributed by atoms with E-state index in [4.69, 9.17) is 20.9 Å². The van der Waals surface area contributed by atoms with E-state index in [0.29, 0.717) is 34.5 Å².